The summed E-state index contributed by atoms with van der Waals surface area (Å²) >= 11 is 6.09. The Kier molecular flexibility index (Phi) is 4.54. The molecule has 2 N–H and O–H groups in total. The van der Waals surface area contributed by atoms with Gasteiger partial charge in [0.2, 0.25) is 5.88 Å². The molecule has 7 heteroatoms. The lowest BCUT2D eigenvalue weighted by atomic mass is 10.2. The Labute approximate surface area is 147 Å². The molecule has 2 aromatic carbocycles. The molecule has 0 aliphatic carbocycles. The topological polar surface area (TPSA) is 87.4 Å². The maximum atomic E-state index is 12.1. The second kappa shape index (κ2) is 6.78. The van der Waals surface area contributed by atoms with Gasteiger partial charge in [-0.2, -0.15) is 0 Å². The molecule has 0 spiro atoms. The minimum Gasteiger partial charge on any atom is -0.493 e. The molecule has 0 saturated carbocycles. The van der Waals surface area contributed by atoms with E-state index in [0.717, 1.165) is 10.1 Å². The summed E-state index contributed by atoms with van der Waals surface area (Å²) in [4.78, 5) is 30.5. The minimum atomic E-state index is -0.789. The van der Waals surface area contributed by atoms with E-state index in [1.807, 2.05) is 19.1 Å². The lowest BCUT2D eigenvalue weighted by Gasteiger charge is -2.10. The van der Waals surface area contributed by atoms with Crippen molar-refractivity contribution in [1.29, 1.82) is 0 Å². The van der Waals surface area contributed by atoms with Crippen LogP contribution in [0, 0.1) is 6.92 Å². The number of rotatable bonds is 3. The average Bonchev–Trinajstić information content (AvgIpc) is 2.57. The molecule has 0 amide bonds. The van der Waals surface area contributed by atoms with Gasteiger partial charge < -0.3 is 5.11 Å². The largest absolute Gasteiger partial charge is 0.493 e. The highest BCUT2D eigenvalue weighted by atomic mass is 35.5. The molecule has 3 aromatic rings. The Balaban J connectivity index is 2.14. The van der Waals surface area contributed by atoms with Crippen molar-refractivity contribution in [1.82, 2.24) is 9.55 Å². The molecule has 0 bridgehead atoms. The molecule has 1 aromatic heterocycles. The highest BCUT2D eigenvalue weighted by Crippen LogP contribution is 2.23. The summed E-state index contributed by atoms with van der Waals surface area (Å²) < 4.78 is 0.931. The summed E-state index contributed by atoms with van der Waals surface area (Å²) in [7, 11) is 0. The SMILES string of the molecule is Cc1ccc(N=Cc2c(O)n(-c3ccccc3Cl)c(=O)[nH]c2=O)cc1. The normalized spacial score (nSPS) is 11.1. The Morgan fingerprint density at radius 2 is 1.80 bits per heavy atom. The van der Waals surface area contributed by atoms with Crippen LogP contribution in [0.3, 0.4) is 0 Å². The van der Waals surface area contributed by atoms with Crippen LogP contribution in [0.25, 0.3) is 5.69 Å². The molecule has 0 unspecified atom stereocenters. The van der Waals surface area contributed by atoms with Crippen LogP contribution in [0.4, 0.5) is 5.69 Å². The Bertz CT molecular complexity index is 1070. The fourth-order valence-electron chi connectivity index (χ4n) is 2.28. The molecule has 0 atom stereocenters. The summed E-state index contributed by atoms with van der Waals surface area (Å²) in [6.07, 6.45) is 1.21. The van der Waals surface area contributed by atoms with Crippen LogP contribution in [0.5, 0.6) is 5.88 Å². The number of benzene rings is 2. The fraction of sp³-hybridized carbons (Fsp3) is 0.0556. The summed E-state index contributed by atoms with van der Waals surface area (Å²) in [5.74, 6) is -0.530. The van der Waals surface area contributed by atoms with Crippen LogP contribution < -0.4 is 11.2 Å². The van der Waals surface area contributed by atoms with Gasteiger partial charge in [0.1, 0.15) is 5.56 Å². The summed E-state index contributed by atoms with van der Waals surface area (Å²) in [5, 5.41) is 10.7. The highest BCUT2D eigenvalue weighted by Gasteiger charge is 2.15. The van der Waals surface area contributed by atoms with E-state index in [2.05, 4.69) is 9.98 Å². The van der Waals surface area contributed by atoms with Gasteiger partial charge in [0.15, 0.2) is 0 Å². The van der Waals surface area contributed by atoms with Gasteiger partial charge in [0, 0.05) is 6.21 Å². The maximum absolute atomic E-state index is 12.1. The molecule has 3 rings (SSSR count). The number of aryl methyl sites for hydroxylation is 1. The van der Waals surface area contributed by atoms with E-state index in [0.29, 0.717) is 5.69 Å². The smallest absolute Gasteiger partial charge is 0.335 e. The zero-order chi connectivity index (χ0) is 18.0. The number of hydrogen-bond acceptors (Lipinski definition) is 4. The first-order valence-electron chi connectivity index (χ1n) is 7.41. The van der Waals surface area contributed by atoms with Crippen molar-refractivity contribution in [2.24, 2.45) is 4.99 Å². The molecular weight excluding hydrogens is 342 g/mol. The number of nitrogens with zero attached hydrogens (tertiary/aromatic N) is 2. The summed E-state index contributed by atoms with van der Waals surface area (Å²) in [5.41, 5.74) is 0.282. The number of hydrogen-bond donors (Lipinski definition) is 2. The molecule has 0 aliphatic rings. The van der Waals surface area contributed by atoms with E-state index >= 15 is 0 Å². The van der Waals surface area contributed by atoms with Gasteiger partial charge in [-0.05, 0) is 31.2 Å². The van der Waals surface area contributed by atoms with Crippen LogP contribution in [-0.4, -0.2) is 20.9 Å². The molecule has 0 fully saturated rings. The number of aliphatic imine (C=N–C) groups is 1. The number of nitrogens with one attached hydrogen (secondary N) is 1. The van der Waals surface area contributed by atoms with Crippen LogP contribution >= 0.6 is 11.6 Å². The van der Waals surface area contributed by atoms with E-state index in [9.17, 15) is 14.7 Å². The van der Waals surface area contributed by atoms with Gasteiger partial charge in [0.05, 0.1) is 16.4 Å². The monoisotopic (exact) mass is 355 g/mol. The summed E-state index contributed by atoms with van der Waals surface area (Å²) in [6.45, 7) is 1.95. The fourth-order valence-corrected chi connectivity index (χ4v) is 2.50. The standard InChI is InChI=1S/C18H14ClN3O3/c1-11-6-8-12(9-7-11)20-10-13-16(23)21-18(25)22(17(13)24)15-5-3-2-4-14(15)19/h2-10,24H,1H3,(H,21,23,25). The molecular formula is C18H14ClN3O3. The van der Waals surface area contributed by atoms with Crippen molar-refractivity contribution in [2.45, 2.75) is 6.92 Å². The van der Waals surface area contributed by atoms with Crippen molar-refractivity contribution >= 4 is 23.5 Å². The molecule has 25 heavy (non-hydrogen) atoms. The summed E-state index contributed by atoms with van der Waals surface area (Å²) in [6, 6.07) is 13.8. The zero-order valence-corrected chi connectivity index (χ0v) is 14.0. The van der Waals surface area contributed by atoms with Crippen LogP contribution in [0.15, 0.2) is 63.1 Å². The first-order chi connectivity index (χ1) is 12.0. The van der Waals surface area contributed by atoms with E-state index in [1.54, 1.807) is 36.4 Å². The first kappa shape index (κ1) is 16.7. The van der Waals surface area contributed by atoms with Gasteiger partial charge in [-0.25, -0.2) is 9.36 Å². The second-order valence-electron chi connectivity index (χ2n) is 5.38. The van der Waals surface area contributed by atoms with Crippen molar-refractivity contribution in [3.63, 3.8) is 0 Å². The molecule has 0 saturated heterocycles. The van der Waals surface area contributed by atoms with E-state index < -0.39 is 17.1 Å². The molecule has 6 nitrogen and oxygen atoms in total. The van der Waals surface area contributed by atoms with Gasteiger partial charge >= 0.3 is 5.69 Å². The second-order valence-corrected chi connectivity index (χ2v) is 5.78. The lowest BCUT2D eigenvalue weighted by Crippen LogP contribution is -2.31. The molecule has 0 radical (unpaired) electrons. The van der Waals surface area contributed by atoms with Gasteiger partial charge in [-0.1, -0.05) is 41.4 Å². The Morgan fingerprint density at radius 3 is 2.48 bits per heavy atom. The number of para-hydroxylation sites is 1. The third kappa shape index (κ3) is 3.39. The first-order valence-corrected chi connectivity index (χ1v) is 7.79. The van der Waals surface area contributed by atoms with E-state index in [1.165, 1.54) is 6.21 Å². The highest BCUT2D eigenvalue weighted by molar-refractivity contribution is 6.32. The van der Waals surface area contributed by atoms with Gasteiger partial charge in [-0.3, -0.25) is 14.8 Å². The third-order valence-corrected chi connectivity index (χ3v) is 3.91. The van der Waals surface area contributed by atoms with E-state index in [-0.39, 0.29) is 16.3 Å². The lowest BCUT2D eigenvalue weighted by molar-refractivity contribution is 0.430. The van der Waals surface area contributed by atoms with E-state index in [4.69, 9.17) is 11.6 Å². The molecule has 0 aliphatic heterocycles. The molecule has 1 heterocycles. The van der Waals surface area contributed by atoms with Crippen LogP contribution in [0.2, 0.25) is 5.02 Å². The van der Waals surface area contributed by atoms with Gasteiger partial charge in [-0.15, -0.1) is 0 Å². The Hall–Kier alpha value is -3.12. The van der Waals surface area contributed by atoms with Crippen molar-refractivity contribution < 1.29 is 5.11 Å². The van der Waals surface area contributed by atoms with Crippen molar-refractivity contribution in [2.75, 3.05) is 0 Å². The number of halogens is 1. The Morgan fingerprint density at radius 1 is 1.12 bits per heavy atom. The van der Waals surface area contributed by atoms with Crippen molar-refractivity contribution in [3.8, 4) is 11.6 Å². The van der Waals surface area contributed by atoms with Gasteiger partial charge in [0.25, 0.3) is 5.56 Å². The third-order valence-electron chi connectivity index (χ3n) is 3.59. The van der Waals surface area contributed by atoms with Crippen LogP contribution in [-0.2, 0) is 0 Å². The molecule has 126 valence electrons. The number of aromatic nitrogens is 2. The quantitative estimate of drug-likeness (QED) is 0.708. The maximum Gasteiger partial charge on any atom is 0.335 e. The number of H-pyrrole nitrogens is 1. The predicted molar refractivity (Wildman–Crippen MR) is 97.8 cm³/mol. The average molecular weight is 356 g/mol. The minimum absolute atomic E-state index is 0.139. The van der Waals surface area contributed by atoms with Crippen molar-refractivity contribution in [3.05, 3.63) is 85.5 Å². The van der Waals surface area contributed by atoms with Crippen LogP contribution in [0.1, 0.15) is 11.1 Å². The number of aromatic amines is 1. The number of aromatic hydroxyl groups is 1. The predicted octanol–water partition coefficient (Wildman–Crippen LogP) is 2.94. The zero-order valence-electron chi connectivity index (χ0n) is 13.2.